The Morgan fingerprint density at radius 2 is 2.14 bits per heavy atom. The van der Waals surface area contributed by atoms with E-state index in [1.807, 2.05) is 0 Å². The summed E-state index contributed by atoms with van der Waals surface area (Å²) in [6.45, 7) is 1.72. The number of nitrogens with one attached hydrogen (secondary N) is 1. The fraction of sp³-hybridized carbons (Fsp3) is 0.250. The second-order valence-electron chi connectivity index (χ2n) is 4.27. The summed E-state index contributed by atoms with van der Waals surface area (Å²) in [5, 5.41) is 15.5. The number of hydrogen-bond donors (Lipinski definition) is 1. The van der Waals surface area contributed by atoms with Crippen LogP contribution in [-0.4, -0.2) is 9.91 Å². The largest absolute Gasteiger partial charge is 0.416 e. The number of alkyl halides is 3. The fourth-order valence-corrected chi connectivity index (χ4v) is 2.37. The Kier molecular flexibility index (Phi) is 4.12. The van der Waals surface area contributed by atoms with E-state index in [2.05, 4.69) is 10.3 Å². The lowest BCUT2D eigenvalue weighted by atomic mass is 10.1. The van der Waals surface area contributed by atoms with Gasteiger partial charge in [-0.15, -0.1) is 11.3 Å². The third-order valence-electron chi connectivity index (χ3n) is 2.79. The van der Waals surface area contributed by atoms with Gasteiger partial charge in [0.2, 0.25) is 0 Å². The van der Waals surface area contributed by atoms with Crippen LogP contribution in [0, 0.1) is 10.1 Å². The molecule has 112 valence electrons. The van der Waals surface area contributed by atoms with Gasteiger partial charge in [0, 0.05) is 11.4 Å². The third-order valence-corrected chi connectivity index (χ3v) is 3.39. The molecule has 1 N–H and O–H groups in total. The molecular formula is C12H10F3N3O2S. The van der Waals surface area contributed by atoms with Crippen molar-refractivity contribution >= 4 is 22.7 Å². The number of hydrogen-bond acceptors (Lipinski definition) is 5. The van der Waals surface area contributed by atoms with Crippen LogP contribution in [-0.2, 0) is 6.18 Å². The van der Waals surface area contributed by atoms with Crippen molar-refractivity contribution in [3.05, 3.63) is 50.5 Å². The van der Waals surface area contributed by atoms with Crippen molar-refractivity contribution < 1.29 is 18.1 Å². The van der Waals surface area contributed by atoms with E-state index in [0.29, 0.717) is 11.8 Å². The molecule has 21 heavy (non-hydrogen) atoms. The molecule has 1 atom stereocenters. The highest BCUT2D eigenvalue weighted by atomic mass is 32.1. The lowest BCUT2D eigenvalue weighted by Gasteiger charge is -2.14. The van der Waals surface area contributed by atoms with Crippen LogP contribution in [0.4, 0.5) is 24.5 Å². The topological polar surface area (TPSA) is 68.1 Å². The molecule has 0 radical (unpaired) electrons. The van der Waals surface area contributed by atoms with E-state index in [1.165, 1.54) is 11.3 Å². The summed E-state index contributed by atoms with van der Waals surface area (Å²) in [6, 6.07) is 2.04. The van der Waals surface area contributed by atoms with Crippen molar-refractivity contribution in [2.24, 2.45) is 0 Å². The highest BCUT2D eigenvalue weighted by molar-refractivity contribution is 7.07. The van der Waals surface area contributed by atoms with Gasteiger partial charge in [-0.25, -0.2) is 4.98 Å². The number of nitrogens with zero attached hydrogens (tertiary/aromatic N) is 2. The number of rotatable bonds is 4. The normalized spacial score (nSPS) is 13.0. The number of nitro groups is 1. The smallest absolute Gasteiger partial charge is 0.371 e. The quantitative estimate of drug-likeness (QED) is 0.676. The standard InChI is InChI=1S/C12H10F3N3O2S/c1-7(10-5-21-6-16-10)17-9-3-2-8(12(13,14)15)4-11(9)18(19)20/h2-7,17H,1H3. The monoisotopic (exact) mass is 317 g/mol. The highest BCUT2D eigenvalue weighted by Crippen LogP contribution is 2.36. The number of halogens is 3. The molecule has 1 heterocycles. The van der Waals surface area contributed by atoms with Gasteiger partial charge in [0.15, 0.2) is 0 Å². The number of benzene rings is 1. The zero-order valence-electron chi connectivity index (χ0n) is 10.7. The van der Waals surface area contributed by atoms with Crippen LogP contribution in [0.15, 0.2) is 29.1 Å². The molecule has 0 fully saturated rings. The zero-order valence-corrected chi connectivity index (χ0v) is 11.5. The van der Waals surface area contributed by atoms with Gasteiger partial charge in [0.25, 0.3) is 5.69 Å². The van der Waals surface area contributed by atoms with E-state index >= 15 is 0 Å². The SMILES string of the molecule is CC(Nc1ccc(C(F)(F)F)cc1[N+](=O)[O-])c1cscn1. The summed E-state index contributed by atoms with van der Waals surface area (Å²) in [6.07, 6.45) is -4.62. The van der Waals surface area contributed by atoms with Crippen molar-refractivity contribution in [3.63, 3.8) is 0 Å². The maximum Gasteiger partial charge on any atom is 0.416 e. The molecular weight excluding hydrogens is 307 g/mol. The first-order valence-electron chi connectivity index (χ1n) is 5.79. The third kappa shape index (κ3) is 3.48. The molecule has 9 heteroatoms. The maximum atomic E-state index is 12.6. The summed E-state index contributed by atoms with van der Waals surface area (Å²) >= 11 is 1.36. The van der Waals surface area contributed by atoms with Gasteiger partial charge in [0.1, 0.15) is 5.69 Å². The molecule has 1 aromatic carbocycles. The summed E-state index contributed by atoms with van der Waals surface area (Å²) in [5.74, 6) is 0. The predicted molar refractivity (Wildman–Crippen MR) is 72.3 cm³/mol. The van der Waals surface area contributed by atoms with Gasteiger partial charge >= 0.3 is 6.18 Å². The number of aromatic nitrogens is 1. The average Bonchev–Trinajstić information content (AvgIpc) is 2.91. The minimum atomic E-state index is -4.62. The van der Waals surface area contributed by atoms with Crippen molar-refractivity contribution in [3.8, 4) is 0 Å². The van der Waals surface area contributed by atoms with Crippen LogP contribution in [0.3, 0.4) is 0 Å². The number of thiazole rings is 1. The molecule has 0 saturated heterocycles. The van der Waals surface area contributed by atoms with Gasteiger partial charge in [0.05, 0.1) is 27.7 Å². The molecule has 0 aliphatic heterocycles. The molecule has 1 aromatic heterocycles. The maximum absolute atomic E-state index is 12.6. The molecule has 1 unspecified atom stereocenters. The van der Waals surface area contributed by atoms with Gasteiger partial charge in [-0.05, 0) is 19.1 Å². The lowest BCUT2D eigenvalue weighted by molar-refractivity contribution is -0.384. The minimum Gasteiger partial charge on any atom is -0.371 e. The van der Waals surface area contributed by atoms with Crippen molar-refractivity contribution in [2.75, 3.05) is 5.32 Å². The van der Waals surface area contributed by atoms with Gasteiger partial charge < -0.3 is 5.32 Å². The molecule has 0 aliphatic carbocycles. The first-order chi connectivity index (χ1) is 9.79. The second kappa shape index (κ2) is 5.68. The number of nitro benzene ring substituents is 1. The second-order valence-corrected chi connectivity index (χ2v) is 4.98. The predicted octanol–water partition coefficient (Wildman–Crippen LogP) is 4.24. The van der Waals surface area contributed by atoms with Crippen LogP contribution >= 0.6 is 11.3 Å². The molecule has 0 aliphatic rings. The number of anilines is 1. The van der Waals surface area contributed by atoms with E-state index in [9.17, 15) is 23.3 Å². The summed E-state index contributed by atoms with van der Waals surface area (Å²) in [7, 11) is 0. The summed E-state index contributed by atoms with van der Waals surface area (Å²) in [5.41, 5.74) is 0.616. The van der Waals surface area contributed by atoms with Crippen LogP contribution in [0.2, 0.25) is 0 Å². The van der Waals surface area contributed by atoms with Gasteiger partial charge in [-0.2, -0.15) is 13.2 Å². The Morgan fingerprint density at radius 3 is 2.67 bits per heavy atom. The molecule has 5 nitrogen and oxygen atoms in total. The summed E-state index contributed by atoms with van der Waals surface area (Å²) < 4.78 is 37.8. The van der Waals surface area contributed by atoms with E-state index in [4.69, 9.17) is 0 Å². The van der Waals surface area contributed by atoms with Crippen LogP contribution in [0.1, 0.15) is 24.2 Å². The van der Waals surface area contributed by atoms with Crippen LogP contribution in [0.5, 0.6) is 0 Å². The lowest BCUT2D eigenvalue weighted by Crippen LogP contribution is -2.11. The molecule has 2 aromatic rings. The zero-order chi connectivity index (χ0) is 15.6. The Labute approximate surface area is 121 Å². The van der Waals surface area contributed by atoms with Crippen molar-refractivity contribution in [1.82, 2.24) is 4.98 Å². The van der Waals surface area contributed by atoms with E-state index in [0.717, 1.165) is 12.1 Å². The fourth-order valence-electron chi connectivity index (χ4n) is 1.72. The van der Waals surface area contributed by atoms with Gasteiger partial charge in [-0.1, -0.05) is 0 Å². The molecule has 0 bridgehead atoms. The van der Waals surface area contributed by atoms with E-state index in [1.54, 1.807) is 17.8 Å². The van der Waals surface area contributed by atoms with Crippen molar-refractivity contribution in [1.29, 1.82) is 0 Å². The first-order valence-corrected chi connectivity index (χ1v) is 6.73. The first kappa shape index (κ1) is 15.2. The molecule has 0 saturated carbocycles. The average molecular weight is 317 g/mol. The van der Waals surface area contributed by atoms with E-state index in [-0.39, 0.29) is 11.7 Å². The van der Waals surface area contributed by atoms with Crippen LogP contribution < -0.4 is 5.32 Å². The Hall–Kier alpha value is -2.16. The molecule has 0 amide bonds. The molecule has 0 spiro atoms. The highest BCUT2D eigenvalue weighted by Gasteiger charge is 2.33. The molecule has 2 rings (SSSR count). The Balaban J connectivity index is 2.33. The Bertz CT molecular complexity index is 644. The minimum absolute atomic E-state index is 0.0218. The van der Waals surface area contributed by atoms with Crippen molar-refractivity contribution in [2.45, 2.75) is 19.1 Å². The van der Waals surface area contributed by atoms with E-state index < -0.39 is 22.4 Å². The Morgan fingerprint density at radius 1 is 1.43 bits per heavy atom. The van der Waals surface area contributed by atoms with Crippen LogP contribution in [0.25, 0.3) is 0 Å². The van der Waals surface area contributed by atoms with Gasteiger partial charge in [-0.3, -0.25) is 10.1 Å². The summed E-state index contributed by atoms with van der Waals surface area (Å²) in [4.78, 5) is 14.2.